The largest absolute Gasteiger partial charge is 0.330 e. The van der Waals surface area contributed by atoms with E-state index in [1.165, 1.54) is 0 Å². The molecule has 96 valence electrons. The Morgan fingerprint density at radius 3 is 2.83 bits per heavy atom. The summed E-state index contributed by atoms with van der Waals surface area (Å²) in [4.78, 5) is 23.4. The van der Waals surface area contributed by atoms with Gasteiger partial charge in [0.1, 0.15) is 0 Å². The molecule has 0 spiro atoms. The normalized spacial score (nSPS) is 14.3. The molecule has 4 nitrogen and oxygen atoms in total. The molecule has 0 fully saturated rings. The quantitative estimate of drug-likeness (QED) is 0.795. The maximum Gasteiger partial charge on any atom is 0.228 e. The Morgan fingerprint density at radius 1 is 1.44 bits per heavy atom. The van der Waals surface area contributed by atoms with Gasteiger partial charge < -0.3 is 11.1 Å². The van der Waals surface area contributed by atoms with Gasteiger partial charge in [-0.1, -0.05) is 13.8 Å². The monoisotopic (exact) mass is 246 g/mol. The molecule has 1 aliphatic rings. The zero-order valence-corrected chi connectivity index (χ0v) is 10.7. The molecule has 1 heterocycles. The topological polar surface area (TPSA) is 72.2 Å². The van der Waals surface area contributed by atoms with Crippen molar-refractivity contribution in [1.82, 2.24) is 0 Å². The van der Waals surface area contributed by atoms with Crippen molar-refractivity contribution >= 4 is 17.4 Å². The zero-order chi connectivity index (χ0) is 13.3. The lowest BCUT2D eigenvalue weighted by Crippen LogP contribution is -2.26. The van der Waals surface area contributed by atoms with Gasteiger partial charge in [-0.3, -0.25) is 9.59 Å². The highest BCUT2D eigenvalue weighted by atomic mass is 16.1. The molecule has 0 radical (unpaired) electrons. The van der Waals surface area contributed by atoms with Crippen LogP contribution in [0.15, 0.2) is 18.2 Å². The summed E-state index contributed by atoms with van der Waals surface area (Å²) in [5.74, 6) is 0.0597. The Kier molecular flexibility index (Phi) is 3.22. The van der Waals surface area contributed by atoms with Gasteiger partial charge in [-0.05, 0) is 35.7 Å². The van der Waals surface area contributed by atoms with E-state index in [1.54, 1.807) is 12.1 Å². The Morgan fingerprint density at radius 2 is 2.17 bits per heavy atom. The number of benzene rings is 1. The van der Waals surface area contributed by atoms with E-state index in [0.717, 1.165) is 11.3 Å². The van der Waals surface area contributed by atoms with Crippen LogP contribution in [-0.4, -0.2) is 18.2 Å². The standard InChI is InChI=1S/C14H18N2O2/c1-14(2,8-15)7-12(17)9-3-4-11-10(5-9)6-13(18)16-11/h3-5H,6-8,15H2,1-2H3,(H,16,18). The molecule has 0 aromatic heterocycles. The van der Waals surface area contributed by atoms with Gasteiger partial charge in [0, 0.05) is 17.7 Å². The summed E-state index contributed by atoms with van der Waals surface area (Å²) in [6, 6.07) is 5.37. The second kappa shape index (κ2) is 4.53. The summed E-state index contributed by atoms with van der Waals surface area (Å²) in [6.45, 7) is 4.43. The van der Waals surface area contributed by atoms with Gasteiger partial charge in [0.15, 0.2) is 5.78 Å². The fourth-order valence-electron chi connectivity index (χ4n) is 2.01. The molecular weight excluding hydrogens is 228 g/mol. The van der Waals surface area contributed by atoms with Gasteiger partial charge in [-0.15, -0.1) is 0 Å². The van der Waals surface area contributed by atoms with Crippen LogP contribution >= 0.6 is 0 Å². The first-order valence-electron chi connectivity index (χ1n) is 6.07. The number of Topliss-reactive ketones (excluding diaryl/α,β-unsaturated/α-hetero) is 1. The van der Waals surface area contributed by atoms with E-state index >= 15 is 0 Å². The first-order chi connectivity index (χ1) is 8.41. The van der Waals surface area contributed by atoms with E-state index in [4.69, 9.17) is 5.73 Å². The zero-order valence-electron chi connectivity index (χ0n) is 10.7. The number of fused-ring (bicyclic) bond motifs is 1. The van der Waals surface area contributed by atoms with Crippen LogP contribution in [0.25, 0.3) is 0 Å². The highest BCUT2D eigenvalue weighted by molar-refractivity contribution is 6.02. The van der Waals surface area contributed by atoms with Crippen LogP contribution in [0.2, 0.25) is 0 Å². The summed E-state index contributed by atoms with van der Waals surface area (Å²) >= 11 is 0. The minimum atomic E-state index is -0.190. The summed E-state index contributed by atoms with van der Waals surface area (Å²) in [5, 5.41) is 2.75. The lowest BCUT2D eigenvalue weighted by molar-refractivity contribution is -0.115. The summed E-state index contributed by atoms with van der Waals surface area (Å²) in [6.07, 6.45) is 0.778. The van der Waals surface area contributed by atoms with Crippen molar-refractivity contribution in [2.45, 2.75) is 26.7 Å². The summed E-state index contributed by atoms with van der Waals surface area (Å²) in [5.41, 5.74) is 7.82. The fourth-order valence-corrected chi connectivity index (χ4v) is 2.01. The van der Waals surface area contributed by atoms with Gasteiger partial charge >= 0.3 is 0 Å². The van der Waals surface area contributed by atoms with Crippen molar-refractivity contribution < 1.29 is 9.59 Å². The number of hydrogen-bond donors (Lipinski definition) is 2. The Labute approximate surface area is 107 Å². The van der Waals surface area contributed by atoms with Gasteiger partial charge in [-0.2, -0.15) is 0 Å². The highest BCUT2D eigenvalue weighted by Gasteiger charge is 2.23. The Bertz CT molecular complexity index is 507. The van der Waals surface area contributed by atoms with Gasteiger partial charge in [0.25, 0.3) is 0 Å². The van der Waals surface area contributed by atoms with Crippen molar-refractivity contribution in [2.75, 3.05) is 11.9 Å². The molecule has 18 heavy (non-hydrogen) atoms. The van der Waals surface area contributed by atoms with Crippen molar-refractivity contribution in [3.05, 3.63) is 29.3 Å². The summed E-state index contributed by atoms with van der Waals surface area (Å²) in [7, 11) is 0. The van der Waals surface area contributed by atoms with Crippen LogP contribution in [0.5, 0.6) is 0 Å². The second-order valence-corrected chi connectivity index (χ2v) is 5.57. The second-order valence-electron chi connectivity index (χ2n) is 5.57. The number of hydrogen-bond acceptors (Lipinski definition) is 3. The number of nitrogens with two attached hydrogens (primary N) is 1. The summed E-state index contributed by atoms with van der Waals surface area (Å²) < 4.78 is 0. The van der Waals surface area contributed by atoms with Crippen LogP contribution in [0.3, 0.4) is 0 Å². The first kappa shape index (κ1) is 12.8. The molecule has 3 N–H and O–H groups in total. The van der Waals surface area contributed by atoms with Crippen molar-refractivity contribution in [1.29, 1.82) is 0 Å². The highest BCUT2D eigenvalue weighted by Crippen LogP contribution is 2.26. The third-order valence-electron chi connectivity index (χ3n) is 3.24. The number of anilines is 1. The number of rotatable bonds is 4. The third kappa shape index (κ3) is 2.59. The molecule has 0 bridgehead atoms. The van der Waals surface area contributed by atoms with Crippen molar-refractivity contribution in [3.63, 3.8) is 0 Å². The smallest absolute Gasteiger partial charge is 0.228 e. The Hall–Kier alpha value is -1.68. The number of nitrogens with one attached hydrogen (secondary N) is 1. The van der Waals surface area contributed by atoms with Crippen LogP contribution in [-0.2, 0) is 11.2 Å². The van der Waals surface area contributed by atoms with E-state index in [2.05, 4.69) is 5.32 Å². The Balaban J connectivity index is 2.18. The van der Waals surface area contributed by atoms with Gasteiger partial charge in [0.2, 0.25) is 5.91 Å². The van der Waals surface area contributed by atoms with E-state index < -0.39 is 0 Å². The molecule has 0 saturated heterocycles. The molecule has 1 aromatic carbocycles. The molecule has 0 aliphatic carbocycles. The van der Waals surface area contributed by atoms with Crippen LogP contribution < -0.4 is 11.1 Å². The van der Waals surface area contributed by atoms with Gasteiger partial charge in [0.05, 0.1) is 6.42 Å². The van der Waals surface area contributed by atoms with Gasteiger partial charge in [-0.25, -0.2) is 0 Å². The molecule has 2 rings (SSSR count). The minimum absolute atomic E-state index is 0.0168. The van der Waals surface area contributed by atoms with Crippen LogP contribution in [0, 0.1) is 5.41 Å². The van der Waals surface area contributed by atoms with Crippen LogP contribution in [0.4, 0.5) is 5.69 Å². The van der Waals surface area contributed by atoms with Crippen LogP contribution in [0.1, 0.15) is 36.2 Å². The van der Waals surface area contributed by atoms with Crippen molar-refractivity contribution in [2.24, 2.45) is 11.1 Å². The number of ketones is 1. The molecule has 0 atom stereocenters. The average Bonchev–Trinajstić information content (AvgIpc) is 2.67. The molecule has 1 aromatic rings. The SMILES string of the molecule is CC(C)(CN)CC(=O)c1ccc2c(c1)CC(=O)N2. The van der Waals surface area contributed by atoms with E-state index in [1.807, 2.05) is 19.9 Å². The fraction of sp³-hybridized carbons (Fsp3) is 0.429. The van der Waals surface area contributed by atoms with E-state index in [-0.39, 0.29) is 17.1 Å². The number of carbonyl (C=O) groups is 2. The molecule has 4 heteroatoms. The molecule has 1 amide bonds. The molecule has 0 saturated carbocycles. The predicted octanol–water partition coefficient (Wildman–Crippen LogP) is 1.74. The minimum Gasteiger partial charge on any atom is -0.330 e. The van der Waals surface area contributed by atoms with E-state index in [0.29, 0.717) is 24.9 Å². The maximum atomic E-state index is 12.1. The molecular formula is C14H18N2O2. The predicted molar refractivity (Wildman–Crippen MR) is 70.6 cm³/mol. The van der Waals surface area contributed by atoms with E-state index in [9.17, 15) is 9.59 Å². The lowest BCUT2D eigenvalue weighted by Gasteiger charge is -2.21. The average molecular weight is 246 g/mol. The van der Waals surface area contributed by atoms with Crippen molar-refractivity contribution in [3.8, 4) is 0 Å². The number of amides is 1. The lowest BCUT2D eigenvalue weighted by atomic mass is 9.85. The maximum absolute atomic E-state index is 12.1. The molecule has 1 aliphatic heterocycles. The first-order valence-corrected chi connectivity index (χ1v) is 6.07. The number of carbonyl (C=O) groups excluding carboxylic acids is 2. The molecule has 0 unspecified atom stereocenters. The third-order valence-corrected chi connectivity index (χ3v) is 3.24.